The van der Waals surface area contributed by atoms with E-state index in [9.17, 15) is 5.11 Å². The number of piperidine rings is 1. The van der Waals surface area contributed by atoms with E-state index in [4.69, 9.17) is 0 Å². The molecule has 1 aliphatic carbocycles. The number of likely N-dealkylation sites (tertiary alicyclic amines) is 1. The third-order valence-electron chi connectivity index (χ3n) is 4.12. The average molecular weight is 212 g/mol. The van der Waals surface area contributed by atoms with Crippen LogP contribution in [0.4, 0.5) is 0 Å². The summed E-state index contributed by atoms with van der Waals surface area (Å²) in [5, 5.41) is 12.8. The van der Waals surface area contributed by atoms with Crippen molar-refractivity contribution in [3.05, 3.63) is 0 Å². The molecule has 2 aliphatic rings. The minimum absolute atomic E-state index is 0.0325. The summed E-state index contributed by atoms with van der Waals surface area (Å²) in [7, 11) is 2.07. The zero-order chi connectivity index (χ0) is 10.7. The van der Waals surface area contributed by atoms with Crippen LogP contribution in [-0.4, -0.2) is 48.3 Å². The fourth-order valence-electron chi connectivity index (χ4n) is 2.98. The van der Waals surface area contributed by atoms with Crippen LogP contribution in [0.2, 0.25) is 0 Å². The summed E-state index contributed by atoms with van der Waals surface area (Å²) in [4.78, 5) is 2.60. The number of rotatable bonds is 2. The lowest BCUT2D eigenvalue weighted by Gasteiger charge is -2.39. The van der Waals surface area contributed by atoms with Crippen molar-refractivity contribution in [1.82, 2.24) is 10.2 Å². The molecule has 0 unspecified atom stereocenters. The van der Waals surface area contributed by atoms with Crippen molar-refractivity contribution in [3.8, 4) is 0 Å². The van der Waals surface area contributed by atoms with Crippen LogP contribution in [0.5, 0.6) is 0 Å². The Morgan fingerprint density at radius 3 is 2.13 bits per heavy atom. The smallest absolute Gasteiger partial charge is 0.0564 e. The van der Waals surface area contributed by atoms with Crippen LogP contribution in [0.15, 0.2) is 0 Å². The van der Waals surface area contributed by atoms with Gasteiger partial charge < -0.3 is 15.3 Å². The van der Waals surface area contributed by atoms with Crippen LogP contribution in [0.3, 0.4) is 0 Å². The van der Waals surface area contributed by atoms with Gasteiger partial charge in [-0.05, 0) is 45.6 Å². The van der Waals surface area contributed by atoms with Gasteiger partial charge in [0.05, 0.1) is 6.10 Å². The van der Waals surface area contributed by atoms with Crippen molar-refractivity contribution in [2.24, 2.45) is 0 Å². The molecule has 2 N–H and O–H groups in total. The third-order valence-corrected chi connectivity index (χ3v) is 4.12. The summed E-state index contributed by atoms with van der Waals surface area (Å²) in [6.45, 7) is 2.21. The summed E-state index contributed by atoms with van der Waals surface area (Å²) >= 11 is 0. The van der Waals surface area contributed by atoms with Crippen LogP contribution >= 0.6 is 0 Å². The molecule has 0 aromatic rings. The van der Waals surface area contributed by atoms with Crippen LogP contribution < -0.4 is 5.32 Å². The highest BCUT2D eigenvalue weighted by Gasteiger charge is 2.27. The van der Waals surface area contributed by atoms with E-state index in [0.29, 0.717) is 0 Å². The van der Waals surface area contributed by atoms with E-state index in [0.717, 1.165) is 38.0 Å². The Hall–Kier alpha value is -0.120. The normalized spacial score (nSPS) is 35.6. The van der Waals surface area contributed by atoms with Crippen molar-refractivity contribution in [2.45, 2.75) is 56.7 Å². The van der Waals surface area contributed by atoms with Gasteiger partial charge >= 0.3 is 0 Å². The number of aliphatic hydroxyl groups is 1. The quantitative estimate of drug-likeness (QED) is 0.716. The van der Waals surface area contributed by atoms with Crippen molar-refractivity contribution in [2.75, 3.05) is 20.1 Å². The van der Waals surface area contributed by atoms with Crippen molar-refractivity contribution < 1.29 is 5.11 Å². The van der Waals surface area contributed by atoms with E-state index in [1.165, 1.54) is 25.7 Å². The van der Waals surface area contributed by atoms with Crippen LogP contribution in [0.1, 0.15) is 38.5 Å². The molecule has 15 heavy (non-hydrogen) atoms. The molecule has 0 radical (unpaired) electrons. The van der Waals surface area contributed by atoms with Gasteiger partial charge in [0, 0.05) is 25.2 Å². The largest absolute Gasteiger partial charge is 0.393 e. The summed E-state index contributed by atoms with van der Waals surface area (Å²) in [5.41, 5.74) is 0. The van der Waals surface area contributed by atoms with E-state index in [2.05, 4.69) is 17.3 Å². The van der Waals surface area contributed by atoms with E-state index in [1.807, 2.05) is 0 Å². The second-order valence-corrected chi connectivity index (χ2v) is 5.06. The Labute approximate surface area is 92.8 Å². The van der Waals surface area contributed by atoms with Gasteiger partial charge in [0.25, 0.3) is 0 Å². The molecule has 1 heterocycles. The monoisotopic (exact) mass is 212 g/mol. The fourth-order valence-corrected chi connectivity index (χ4v) is 2.98. The maximum atomic E-state index is 9.47. The molecule has 88 valence electrons. The molecule has 2 rings (SSSR count). The first-order chi connectivity index (χ1) is 7.29. The topological polar surface area (TPSA) is 35.5 Å². The molecule has 3 nitrogen and oxygen atoms in total. The molecule has 3 heteroatoms. The van der Waals surface area contributed by atoms with Crippen molar-refractivity contribution in [1.29, 1.82) is 0 Å². The Bertz CT molecular complexity index is 182. The highest BCUT2D eigenvalue weighted by molar-refractivity contribution is 4.84. The standard InChI is InChI=1S/C12H24N2O/c1-13-10-2-4-11(5-3-10)14-8-6-12(15)7-9-14/h10-13,15H,2-9H2,1H3/t10-,11+. The molecule has 1 saturated carbocycles. The van der Waals surface area contributed by atoms with Crippen molar-refractivity contribution in [3.63, 3.8) is 0 Å². The molecule has 1 aliphatic heterocycles. The maximum absolute atomic E-state index is 9.47. The zero-order valence-corrected chi connectivity index (χ0v) is 9.78. The Kier molecular flexibility index (Phi) is 4.00. The Morgan fingerprint density at radius 1 is 1.00 bits per heavy atom. The third kappa shape index (κ3) is 2.92. The minimum Gasteiger partial charge on any atom is -0.393 e. The average Bonchev–Trinajstić information content (AvgIpc) is 2.30. The summed E-state index contributed by atoms with van der Waals surface area (Å²) in [6.07, 6.45) is 7.23. The lowest BCUT2D eigenvalue weighted by Crippen LogP contribution is -2.46. The van der Waals surface area contributed by atoms with Gasteiger partial charge in [0.15, 0.2) is 0 Å². The molecule has 1 saturated heterocycles. The van der Waals surface area contributed by atoms with Gasteiger partial charge in [0.1, 0.15) is 0 Å². The fraction of sp³-hybridized carbons (Fsp3) is 1.00. The van der Waals surface area contributed by atoms with E-state index in [-0.39, 0.29) is 6.10 Å². The number of hydrogen-bond acceptors (Lipinski definition) is 3. The molecule has 0 bridgehead atoms. The molecule has 2 fully saturated rings. The Balaban J connectivity index is 1.75. The first-order valence-corrected chi connectivity index (χ1v) is 6.39. The second kappa shape index (κ2) is 5.28. The summed E-state index contributed by atoms with van der Waals surface area (Å²) < 4.78 is 0. The van der Waals surface area contributed by atoms with E-state index >= 15 is 0 Å². The lowest BCUT2D eigenvalue weighted by molar-refractivity contribution is 0.0479. The molecule has 0 aromatic heterocycles. The zero-order valence-electron chi connectivity index (χ0n) is 9.78. The molecule has 0 amide bonds. The minimum atomic E-state index is -0.0325. The van der Waals surface area contributed by atoms with Crippen molar-refractivity contribution >= 4 is 0 Å². The van der Waals surface area contributed by atoms with Gasteiger partial charge in [-0.3, -0.25) is 0 Å². The number of nitrogens with one attached hydrogen (secondary N) is 1. The number of aliphatic hydroxyl groups excluding tert-OH is 1. The van der Waals surface area contributed by atoms with Gasteiger partial charge in [-0.1, -0.05) is 0 Å². The van der Waals surface area contributed by atoms with Gasteiger partial charge in [0.2, 0.25) is 0 Å². The second-order valence-electron chi connectivity index (χ2n) is 5.06. The van der Waals surface area contributed by atoms with Gasteiger partial charge in [-0.2, -0.15) is 0 Å². The SMILES string of the molecule is CN[C@H]1CC[C@@H](N2CCC(O)CC2)CC1. The van der Waals surface area contributed by atoms with Crippen LogP contribution in [0.25, 0.3) is 0 Å². The first kappa shape index (κ1) is 11.4. The number of hydrogen-bond donors (Lipinski definition) is 2. The predicted octanol–water partition coefficient (Wildman–Crippen LogP) is 0.974. The van der Waals surface area contributed by atoms with Crippen LogP contribution in [-0.2, 0) is 0 Å². The number of nitrogens with zero attached hydrogens (tertiary/aromatic N) is 1. The summed E-state index contributed by atoms with van der Waals surface area (Å²) in [5.74, 6) is 0. The highest BCUT2D eigenvalue weighted by atomic mass is 16.3. The van der Waals surface area contributed by atoms with E-state index in [1.54, 1.807) is 0 Å². The molecular weight excluding hydrogens is 188 g/mol. The summed E-state index contributed by atoms with van der Waals surface area (Å²) in [6, 6.07) is 1.54. The highest BCUT2D eigenvalue weighted by Crippen LogP contribution is 2.25. The predicted molar refractivity (Wildman–Crippen MR) is 61.9 cm³/mol. The lowest BCUT2D eigenvalue weighted by atomic mass is 9.89. The Morgan fingerprint density at radius 2 is 1.60 bits per heavy atom. The van der Waals surface area contributed by atoms with Crippen LogP contribution in [0, 0.1) is 0 Å². The molecule has 0 spiro atoms. The van der Waals surface area contributed by atoms with E-state index < -0.39 is 0 Å². The molecular formula is C12H24N2O. The van der Waals surface area contributed by atoms with Gasteiger partial charge in [-0.15, -0.1) is 0 Å². The molecule has 0 aromatic carbocycles. The maximum Gasteiger partial charge on any atom is 0.0564 e. The van der Waals surface area contributed by atoms with Gasteiger partial charge in [-0.25, -0.2) is 0 Å². The molecule has 0 atom stereocenters. The first-order valence-electron chi connectivity index (χ1n) is 6.39.